The minimum absolute atomic E-state index is 0.0288. The van der Waals surface area contributed by atoms with Crippen molar-refractivity contribution in [3.05, 3.63) is 198 Å². The molecule has 5 heteroatoms. The summed E-state index contributed by atoms with van der Waals surface area (Å²) in [7, 11) is 0. The number of aromatic nitrogens is 4. The Labute approximate surface area is 459 Å². The molecule has 5 nitrogen and oxygen atoms in total. The minimum atomic E-state index is -0.226. The molecule has 0 atom stereocenters. The lowest BCUT2D eigenvalue weighted by Gasteiger charge is -2.31. The van der Waals surface area contributed by atoms with Crippen LogP contribution in [0, 0.1) is 6.33 Å². The number of benzene rings is 7. The van der Waals surface area contributed by atoms with E-state index in [1.54, 1.807) is 0 Å². The summed E-state index contributed by atoms with van der Waals surface area (Å²) in [5.41, 5.74) is 18.4. The van der Waals surface area contributed by atoms with E-state index in [-0.39, 0.29) is 32.5 Å². The number of rotatable bonds is 7. The predicted molar refractivity (Wildman–Crippen MR) is 325 cm³/mol. The predicted octanol–water partition coefficient (Wildman–Crippen LogP) is 19.1. The highest BCUT2D eigenvalue weighted by atomic mass is 16.5. The summed E-state index contributed by atoms with van der Waals surface area (Å²) in [5.74, 6) is 2.36. The van der Waals surface area contributed by atoms with E-state index in [4.69, 9.17) is 9.72 Å². The molecule has 0 aliphatic heterocycles. The van der Waals surface area contributed by atoms with Gasteiger partial charge in [-0.25, -0.2) is 4.98 Å². The Morgan fingerprint density at radius 1 is 0.416 bits per heavy atom. The van der Waals surface area contributed by atoms with Gasteiger partial charge in [0.05, 0.1) is 33.4 Å². The Morgan fingerprint density at radius 2 is 1.01 bits per heavy atom. The van der Waals surface area contributed by atoms with Crippen LogP contribution in [0.5, 0.6) is 11.5 Å². The van der Waals surface area contributed by atoms with Crippen LogP contribution in [0.2, 0.25) is 0 Å². The average Bonchev–Trinajstić information content (AvgIpc) is 3.91. The van der Waals surface area contributed by atoms with E-state index in [0.29, 0.717) is 0 Å². The van der Waals surface area contributed by atoms with Crippen LogP contribution in [-0.4, -0.2) is 14.1 Å². The lowest BCUT2D eigenvalue weighted by molar-refractivity contribution is -0.572. The number of imidazole rings is 1. The normalized spacial score (nSPS) is 13.1. The highest BCUT2D eigenvalue weighted by molar-refractivity contribution is 6.09. The van der Waals surface area contributed by atoms with Crippen LogP contribution < -0.4 is 9.30 Å². The van der Waals surface area contributed by atoms with E-state index in [1.165, 1.54) is 55.5 Å². The molecular weight excluding hydrogens is 937 g/mol. The molecule has 0 aliphatic rings. The number of para-hydroxylation sites is 1. The third kappa shape index (κ3) is 10.4. The first-order valence-electron chi connectivity index (χ1n) is 27.7. The van der Waals surface area contributed by atoms with Gasteiger partial charge in [-0.3, -0.25) is 13.7 Å². The molecule has 0 amide bonds. The first kappa shape index (κ1) is 53.2. The first-order valence-corrected chi connectivity index (χ1v) is 27.7. The quantitative estimate of drug-likeness (QED) is 0.118. The molecular formula is C72H80N4O. The van der Waals surface area contributed by atoms with Crippen LogP contribution in [0.1, 0.15) is 158 Å². The SMILES string of the molecule is CC(C)(C)c1ccc(-c2ccc3c(c2)n(-c2cccc(Oc4ccc5c6ccccc6n(-c6cc(C(C)(C)C)ccn6)c5c4)c2)[c-][n+]3-c2c(-c3cc(C(C)(C)C)cc(C(C)(C)C)c3)cc(C(C)(C)C)cc2C(C)(C)C)cc1. The second-order valence-corrected chi connectivity index (χ2v) is 27.8. The molecule has 0 bridgehead atoms. The number of nitrogens with zero attached hydrogens (tertiary/aromatic N) is 4. The molecule has 0 N–H and O–H groups in total. The third-order valence-electron chi connectivity index (χ3n) is 15.5. The second kappa shape index (κ2) is 18.7. The zero-order valence-corrected chi connectivity index (χ0v) is 49.2. The summed E-state index contributed by atoms with van der Waals surface area (Å²) in [6, 6.07) is 56.1. The molecule has 10 aromatic rings. The maximum Gasteiger partial charge on any atom is 0.269 e. The molecule has 3 heterocycles. The lowest BCUT2D eigenvalue weighted by atomic mass is 9.75. The molecule has 3 aromatic heterocycles. The molecule has 0 aliphatic carbocycles. The molecule has 0 fully saturated rings. The van der Waals surface area contributed by atoms with E-state index in [9.17, 15) is 0 Å². The van der Waals surface area contributed by atoms with Crippen LogP contribution >= 0.6 is 0 Å². The Balaban J connectivity index is 1.19. The standard InChI is InChI=1S/C72H80N4O/c1-67(2,3)49-29-26-46(27-30-49)47-28-33-62-64(38-47)74(45-75(62)66-59(40-53(71(13,14)15)41-60(66)72(16,17)18)48-36-51(69(7,8)9)39-52(37-48)70(10,11)12)54-22-21-23-55(43-54)77-56-31-32-58-57-24-19-20-25-61(57)76(63(58)44-56)65-42-50(34-35-73-65)68(4,5)6/h19-44H,1-18H3. The van der Waals surface area contributed by atoms with E-state index in [1.807, 2.05) is 6.20 Å². The second-order valence-electron chi connectivity index (χ2n) is 27.8. The van der Waals surface area contributed by atoms with Crippen molar-refractivity contribution >= 4 is 32.8 Å². The molecule has 7 aromatic carbocycles. The fourth-order valence-electron chi connectivity index (χ4n) is 10.6. The third-order valence-corrected chi connectivity index (χ3v) is 15.5. The number of pyridine rings is 1. The molecule has 0 saturated carbocycles. The van der Waals surface area contributed by atoms with Crippen molar-refractivity contribution in [3.63, 3.8) is 0 Å². The highest BCUT2D eigenvalue weighted by Gasteiger charge is 2.31. The van der Waals surface area contributed by atoms with Gasteiger partial charge in [-0.15, -0.1) is 0 Å². The summed E-state index contributed by atoms with van der Waals surface area (Å²) in [6.45, 7) is 41.6. The van der Waals surface area contributed by atoms with Gasteiger partial charge in [-0.05, 0) is 143 Å². The van der Waals surface area contributed by atoms with Crippen molar-refractivity contribution in [1.29, 1.82) is 0 Å². The lowest BCUT2D eigenvalue weighted by Crippen LogP contribution is -2.35. The molecule has 10 rings (SSSR count). The van der Waals surface area contributed by atoms with Gasteiger partial charge in [0.2, 0.25) is 0 Å². The number of fused-ring (bicyclic) bond motifs is 4. The minimum Gasteiger partial charge on any atom is -0.458 e. The number of ether oxygens (including phenoxy) is 1. The van der Waals surface area contributed by atoms with Gasteiger partial charge in [0.1, 0.15) is 17.3 Å². The van der Waals surface area contributed by atoms with Gasteiger partial charge in [0.25, 0.3) is 6.33 Å². The highest BCUT2D eigenvalue weighted by Crippen LogP contribution is 2.43. The van der Waals surface area contributed by atoms with Gasteiger partial charge >= 0.3 is 0 Å². The van der Waals surface area contributed by atoms with E-state index in [0.717, 1.165) is 61.7 Å². The van der Waals surface area contributed by atoms with Crippen LogP contribution in [0.15, 0.2) is 158 Å². The number of hydrogen-bond donors (Lipinski definition) is 0. The largest absolute Gasteiger partial charge is 0.458 e. The molecule has 77 heavy (non-hydrogen) atoms. The van der Waals surface area contributed by atoms with Crippen LogP contribution in [0.3, 0.4) is 0 Å². The van der Waals surface area contributed by atoms with Crippen LogP contribution in [0.25, 0.3) is 72.3 Å². The summed E-state index contributed by atoms with van der Waals surface area (Å²) in [5, 5.41) is 2.32. The van der Waals surface area contributed by atoms with Crippen LogP contribution in [-0.2, 0) is 32.5 Å². The maximum atomic E-state index is 6.94. The fraction of sp³-hybridized carbons (Fsp3) is 0.333. The smallest absolute Gasteiger partial charge is 0.269 e. The maximum absolute atomic E-state index is 6.94. The van der Waals surface area contributed by atoms with Gasteiger partial charge in [0, 0.05) is 23.0 Å². The Bertz CT molecular complexity index is 3840. The Kier molecular flexibility index (Phi) is 12.9. The van der Waals surface area contributed by atoms with Gasteiger partial charge < -0.3 is 4.74 Å². The molecule has 0 radical (unpaired) electrons. The molecule has 394 valence electrons. The van der Waals surface area contributed by atoms with E-state index >= 15 is 0 Å². The van der Waals surface area contributed by atoms with Crippen molar-refractivity contribution in [2.45, 2.75) is 157 Å². The fourth-order valence-corrected chi connectivity index (χ4v) is 10.6. The van der Waals surface area contributed by atoms with Crippen molar-refractivity contribution in [2.75, 3.05) is 0 Å². The Hall–Kier alpha value is -7.24. The first-order chi connectivity index (χ1) is 35.9. The molecule has 0 spiro atoms. The monoisotopic (exact) mass is 1020 g/mol. The summed E-state index contributed by atoms with van der Waals surface area (Å²) >= 11 is 0. The number of hydrogen-bond acceptors (Lipinski definition) is 2. The van der Waals surface area contributed by atoms with Gasteiger partial charge in [-0.1, -0.05) is 216 Å². The summed E-state index contributed by atoms with van der Waals surface area (Å²) in [4.78, 5) is 4.94. The molecule has 0 saturated heterocycles. The van der Waals surface area contributed by atoms with E-state index < -0.39 is 0 Å². The summed E-state index contributed by atoms with van der Waals surface area (Å²) in [6.07, 6.45) is 5.97. The van der Waals surface area contributed by atoms with Gasteiger partial charge in [0.15, 0.2) is 0 Å². The average molecular weight is 1020 g/mol. The topological polar surface area (TPSA) is 35.9 Å². The van der Waals surface area contributed by atoms with Crippen molar-refractivity contribution in [1.82, 2.24) is 14.1 Å². The zero-order chi connectivity index (χ0) is 55.4. The summed E-state index contributed by atoms with van der Waals surface area (Å²) < 4.78 is 13.8. The van der Waals surface area contributed by atoms with Crippen LogP contribution in [0.4, 0.5) is 0 Å². The van der Waals surface area contributed by atoms with Crippen molar-refractivity contribution < 1.29 is 9.30 Å². The zero-order valence-electron chi connectivity index (χ0n) is 49.2. The Morgan fingerprint density at radius 3 is 1.65 bits per heavy atom. The molecule has 0 unspecified atom stereocenters. The van der Waals surface area contributed by atoms with E-state index in [2.05, 4.69) is 296 Å². The van der Waals surface area contributed by atoms with Gasteiger partial charge in [-0.2, -0.15) is 0 Å². The van der Waals surface area contributed by atoms with Crippen molar-refractivity contribution in [2.24, 2.45) is 0 Å². The van der Waals surface area contributed by atoms with Crippen molar-refractivity contribution in [3.8, 4) is 50.9 Å².